The minimum absolute atomic E-state index is 0.0392. The van der Waals surface area contributed by atoms with Gasteiger partial charge in [-0.3, -0.25) is 4.79 Å². The van der Waals surface area contributed by atoms with Gasteiger partial charge in [-0.1, -0.05) is 0 Å². The van der Waals surface area contributed by atoms with Gasteiger partial charge >= 0.3 is 0 Å². The zero-order valence-corrected chi connectivity index (χ0v) is 9.81. The van der Waals surface area contributed by atoms with Crippen LogP contribution in [0.25, 0.3) is 0 Å². The molecule has 0 aromatic carbocycles. The van der Waals surface area contributed by atoms with Gasteiger partial charge in [-0.25, -0.2) is 0 Å². The summed E-state index contributed by atoms with van der Waals surface area (Å²) >= 11 is 0. The van der Waals surface area contributed by atoms with E-state index in [1.165, 1.54) is 0 Å². The Kier molecular flexibility index (Phi) is 4.55. The van der Waals surface area contributed by atoms with E-state index in [2.05, 4.69) is 5.32 Å². The lowest BCUT2D eigenvalue weighted by Crippen LogP contribution is -2.44. The van der Waals surface area contributed by atoms with Crippen LogP contribution in [0.3, 0.4) is 0 Å². The molecule has 0 aromatic heterocycles. The maximum Gasteiger partial charge on any atom is 0.221 e. The largest absolute Gasteiger partial charge is 0.377 e. The van der Waals surface area contributed by atoms with Gasteiger partial charge in [-0.05, 0) is 27.7 Å². The van der Waals surface area contributed by atoms with E-state index in [9.17, 15) is 4.79 Å². The summed E-state index contributed by atoms with van der Waals surface area (Å²) in [6.07, 6.45) is 0.326. The minimum atomic E-state index is -0.457. The zero-order chi connectivity index (χ0) is 11.4. The second-order valence-corrected chi connectivity index (χ2v) is 4.91. The highest BCUT2D eigenvalue weighted by Crippen LogP contribution is 2.06. The molecule has 0 aliphatic heterocycles. The van der Waals surface area contributed by atoms with Crippen LogP contribution in [0.5, 0.6) is 0 Å². The maximum atomic E-state index is 11.4. The van der Waals surface area contributed by atoms with Crippen molar-refractivity contribution in [3.05, 3.63) is 0 Å². The topological polar surface area (TPSA) is 64.3 Å². The summed E-state index contributed by atoms with van der Waals surface area (Å²) in [5.74, 6) is -0.0392. The van der Waals surface area contributed by atoms with Crippen molar-refractivity contribution in [2.75, 3.05) is 13.7 Å². The highest BCUT2D eigenvalue weighted by molar-refractivity contribution is 5.77. The standard InChI is InChI=1S/C10H22N2O2/c1-9(2,11)6-8(13)12-7-10(3,4)14-5/h6-7,11H2,1-5H3,(H,12,13). The molecule has 0 rings (SSSR count). The molecule has 0 aliphatic carbocycles. The number of carbonyl (C=O) groups excluding carboxylic acids is 1. The number of nitrogens with one attached hydrogen (secondary N) is 1. The van der Waals surface area contributed by atoms with Gasteiger partial charge in [0.1, 0.15) is 0 Å². The molecule has 14 heavy (non-hydrogen) atoms. The second-order valence-electron chi connectivity index (χ2n) is 4.91. The molecule has 0 spiro atoms. The van der Waals surface area contributed by atoms with Gasteiger partial charge in [0, 0.05) is 25.6 Å². The lowest BCUT2D eigenvalue weighted by atomic mass is 10.0. The number of hydrogen-bond acceptors (Lipinski definition) is 3. The Hall–Kier alpha value is -0.610. The molecule has 0 atom stereocenters. The van der Waals surface area contributed by atoms with Crippen molar-refractivity contribution in [3.8, 4) is 0 Å². The van der Waals surface area contributed by atoms with Crippen molar-refractivity contribution in [3.63, 3.8) is 0 Å². The summed E-state index contributed by atoms with van der Waals surface area (Å²) in [5, 5.41) is 2.79. The zero-order valence-electron chi connectivity index (χ0n) is 9.81. The van der Waals surface area contributed by atoms with Crippen LogP contribution in [0.15, 0.2) is 0 Å². The first-order valence-electron chi connectivity index (χ1n) is 4.77. The number of ether oxygens (including phenoxy) is 1. The predicted molar refractivity (Wildman–Crippen MR) is 57.0 cm³/mol. The van der Waals surface area contributed by atoms with E-state index < -0.39 is 5.54 Å². The Morgan fingerprint density at radius 3 is 2.21 bits per heavy atom. The van der Waals surface area contributed by atoms with E-state index in [1.54, 1.807) is 7.11 Å². The number of amides is 1. The Bertz CT molecular complexity index is 195. The first-order valence-corrected chi connectivity index (χ1v) is 4.77. The number of methoxy groups -OCH3 is 1. The molecular weight excluding hydrogens is 180 g/mol. The van der Waals surface area contributed by atoms with E-state index in [-0.39, 0.29) is 11.5 Å². The molecule has 4 nitrogen and oxygen atoms in total. The van der Waals surface area contributed by atoms with Gasteiger partial charge < -0.3 is 15.8 Å². The van der Waals surface area contributed by atoms with Crippen LogP contribution in [0.1, 0.15) is 34.1 Å². The summed E-state index contributed by atoms with van der Waals surface area (Å²) in [6.45, 7) is 7.99. The van der Waals surface area contributed by atoms with Gasteiger partial charge in [-0.2, -0.15) is 0 Å². The van der Waals surface area contributed by atoms with Crippen LogP contribution in [-0.2, 0) is 9.53 Å². The smallest absolute Gasteiger partial charge is 0.221 e. The molecule has 0 heterocycles. The van der Waals surface area contributed by atoms with Gasteiger partial charge in [-0.15, -0.1) is 0 Å². The fourth-order valence-corrected chi connectivity index (χ4v) is 0.860. The van der Waals surface area contributed by atoms with Crippen molar-refractivity contribution in [1.82, 2.24) is 5.32 Å². The molecular formula is C10H22N2O2. The lowest BCUT2D eigenvalue weighted by molar-refractivity contribution is -0.123. The third-order valence-electron chi connectivity index (χ3n) is 1.88. The summed E-state index contributed by atoms with van der Waals surface area (Å²) in [7, 11) is 1.62. The number of rotatable bonds is 5. The second kappa shape index (κ2) is 4.75. The van der Waals surface area contributed by atoms with Crippen LogP contribution >= 0.6 is 0 Å². The molecule has 0 aromatic rings. The summed E-state index contributed by atoms with van der Waals surface area (Å²) in [6, 6.07) is 0. The molecule has 0 aliphatic rings. The van der Waals surface area contributed by atoms with Crippen LogP contribution in [0, 0.1) is 0 Å². The number of nitrogens with two attached hydrogens (primary N) is 1. The van der Waals surface area contributed by atoms with Gasteiger partial charge in [0.05, 0.1) is 5.60 Å². The molecule has 0 bridgehead atoms. The summed E-state index contributed by atoms with van der Waals surface area (Å²) < 4.78 is 5.17. The van der Waals surface area contributed by atoms with Crippen LogP contribution < -0.4 is 11.1 Å². The molecule has 0 unspecified atom stereocenters. The average molecular weight is 202 g/mol. The quantitative estimate of drug-likeness (QED) is 0.688. The average Bonchev–Trinajstić information content (AvgIpc) is 1.98. The van der Waals surface area contributed by atoms with Crippen LogP contribution in [-0.4, -0.2) is 30.7 Å². The summed E-state index contributed by atoms with van der Waals surface area (Å²) in [5.41, 5.74) is 4.93. The molecule has 4 heteroatoms. The van der Waals surface area contributed by atoms with E-state index in [4.69, 9.17) is 10.5 Å². The molecule has 0 fully saturated rings. The molecule has 0 radical (unpaired) electrons. The first kappa shape index (κ1) is 13.4. The Labute approximate surface area is 86.2 Å². The SMILES string of the molecule is COC(C)(C)CNC(=O)CC(C)(C)N. The molecule has 0 saturated heterocycles. The predicted octanol–water partition coefficient (Wildman–Crippen LogP) is 0.655. The first-order chi connectivity index (χ1) is 6.16. The van der Waals surface area contributed by atoms with Crippen molar-refractivity contribution in [2.45, 2.75) is 45.3 Å². The molecule has 0 saturated carbocycles. The third kappa shape index (κ3) is 6.86. The van der Waals surface area contributed by atoms with Crippen LogP contribution in [0.2, 0.25) is 0 Å². The number of carbonyl (C=O) groups is 1. The van der Waals surface area contributed by atoms with Crippen molar-refractivity contribution >= 4 is 5.91 Å². The molecule has 3 N–H and O–H groups in total. The van der Waals surface area contributed by atoms with Gasteiger partial charge in [0.2, 0.25) is 5.91 Å². The fraction of sp³-hybridized carbons (Fsp3) is 0.900. The minimum Gasteiger partial charge on any atom is -0.377 e. The lowest BCUT2D eigenvalue weighted by Gasteiger charge is -2.24. The van der Waals surface area contributed by atoms with Crippen molar-refractivity contribution in [1.29, 1.82) is 0 Å². The van der Waals surface area contributed by atoms with Crippen molar-refractivity contribution < 1.29 is 9.53 Å². The maximum absolute atomic E-state index is 11.4. The van der Waals surface area contributed by atoms with Crippen molar-refractivity contribution in [2.24, 2.45) is 5.73 Å². The molecule has 1 amide bonds. The third-order valence-corrected chi connectivity index (χ3v) is 1.88. The van der Waals surface area contributed by atoms with E-state index in [0.717, 1.165) is 0 Å². The van der Waals surface area contributed by atoms with E-state index >= 15 is 0 Å². The number of hydrogen-bond donors (Lipinski definition) is 2. The molecule has 84 valence electrons. The Balaban J connectivity index is 3.87. The van der Waals surface area contributed by atoms with Gasteiger partial charge in [0.25, 0.3) is 0 Å². The Morgan fingerprint density at radius 2 is 1.86 bits per heavy atom. The summed E-state index contributed by atoms with van der Waals surface area (Å²) in [4.78, 5) is 11.4. The fourth-order valence-electron chi connectivity index (χ4n) is 0.860. The van der Waals surface area contributed by atoms with Gasteiger partial charge in [0.15, 0.2) is 0 Å². The van der Waals surface area contributed by atoms with Crippen LogP contribution in [0.4, 0.5) is 0 Å². The monoisotopic (exact) mass is 202 g/mol. The van der Waals surface area contributed by atoms with E-state index in [0.29, 0.717) is 13.0 Å². The normalized spacial score (nSPS) is 12.7. The highest BCUT2D eigenvalue weighted by atomic mass is 16.5. The van der Waals surface area contributed by atoms with E-state index in [1.807, 2.05) is 27.7 Å². The highest BCUT2D eigenvalue weighted by Gasteiger charge is 2.20. The Morgan fingerprint density at radius 1 is 1.36 bits per heavy atom.